The van der Waals surface area contributed by atoms with Gasteiger partial charge in [-0.3, -0.25) is 14.6 Å². The monoisotopic (exact) mass is 432 g/mol. The SMILES string of the molecule is Cc1cccc(C(=O)N(N)C(C)(C)C)c1C.Cl.Cl.O=C(Cl)c1ccccc1. The molecule has 0 aliphatic rings. The molecule has 0 spiro atoms. The molecule has 2 N–H and O–H groups in total. The first-order valence-corrected chi connectivity index (χ1v) is 8.34. The van der Waals surface area contributed by atoms with Crippen molar-refractivity contribution in [3.63, 3.8) is 0 Å². The average Bonchev–Trinajstić information content (AvgIpc) is 2.56. The Labute approximate surface area is 178 Å². The van der Waals surface area contributed by atoms with Crippen molar-refractivity contribution in [3.05, 3.63) is 70.8 Å². The minimum atomic E-state index is -0.407. The second-order valence-electron chi connectivity index (χ2n) is 6.73. The lowest BCUT2D eigenvalue weighted by molar-refractivity contribution is 0.0581. The molecule has 1 amide bonds. The number of carbonyl (C=O) groups excluding carboxylic acids is 2. The Bertz CT molecular complexity index is 745. The van der Waals surface area contributed by atoms with Crippen LogP contribution < -0.4 is 5.84 Å². The summed E-state index contributed by atoms with van der Waals surface area (Å²) in [7, 11) is 0. The van der Waals surface area contributed by atoms with Crippen molar-refractivity contribution in [1.29, 1.82) is 0 Å². The van der Waals surface area contributed by atoms with Gasteiger partial charge in [-0.15, -0.1) is 24.8 Å². The van der Waals surface area contributed by atoms with E-state index in [0.717, 1.165) is 11.1 Å². The maximum Gasteiger partial charge on any atom is 0.268 e. The predicted octanol–water partition coefficient (Wildman–Crippen LogP) is 5.33. The fourth-order valence-corrected chi connectivity index (χ4v) is 2.11. The van der Waals surface area contributed by atoms with Crippen LogP contribution in [-0.4, -0.2) is 21.7 Å². The summed E-state index contributed by atoms with van der Waals surface area (Å²) in [6.45, 7) is 9.67. The van der Waals surface area contributed by atoms with Crippen LogP contribution in [0.25, 0.3) is 0 Å². The Kier molecular flexibility index (Phi) is 12.3. The van der Waals surface area contributed by atoms with Crippen LogP contribution in [0, 0.1) is 13.8 Å². The van der Waals surface area contributed by atoms with Gasteiger partial charge < -0.3 is 0 Å². The summed E-state index contributed by atoms with van der Waals surface area (Å²) in [5, 5.41) is 0.880. The van der Waals surface area contributed by atoms with Crippen LogP contribution in [0.2, 0.25) is 0 Å². The molecule has 0 aromatic heterocycles. The minimum absolute atomic E-state index is 0. The molecule has 0 aliphatic carbocycles. The summed E-state index contributed by atoms with van der Waals surface area (Å²) in [6.07, 6.45) is 0. The molecule has 4 nitrogen and oxygen atoms in total. The van der Waals surface area contributed by atoms with Crippen molar-refractivity contribution < 1.29 is 9.59 Å². The third kappa shape index (κ3) is 8.31. The first-order valence-electron chi connectivity index (χ1n) is 7.96. The quantitative estimate of drug-likeness (QED) is 0.301. The van der Waals surface area contributed by atoms with Crippen LogP contribution in [0.4, 0.5) is 0 Å². The zero-order valence-corrected chi connectivity index (χ0v) is 18.5. The number of hydrazine groups is 1. The topological polar surface area (TPSA) is 63.4 Å². The molecule has 2 rings (SSSR count). The number of hydrogen-bond donors (Lipinski definition) is 1. The van der Waals surface area contributed by atoms with E-state index in [-0.39, 0.29) is 36.3 Å². The highest BCUT2D eigenvalue weighted by Crippen LogP contribution is 2.18. The molecule has 0 radical (unpaired) electrons. The van der Waals surface area contributed by atoms with Gasteiger partial charge in [-0.25, -0.2) is 5.84 Å². The summed E-state index contributed by atoms with van der Waals surface area (Å²) in [4.78, 5) is 22.6. The molecule has 0 aliphatic heterocycles. The Balaban J connectivity index is 0. The van der Waals surface area contributed by atoms with Crippen LogP contribution in [-0.2, 0) is 0 Å². The number of amides is 1. The van der Waals surface area contributed by atoms with Crippen LogP contribution >= 0.6 is 36.4 Å². The van der Waals surface area contributed by atoms with Gasteiger partial charge in [0.15, 0.2) is 0 Å². The maximum absolute atomic E-state index is 12.2. The minimum Gasteiger partial charge on any atom is -0.276 e. The highest BCUT2D eigenvalue weighted by Gasteiger charge is 2.25. The Morgan fingerprint density at radius 1 is 0.926 bits per heavy atom. The van der Waals surface area contributed by atoms with Gasteiger partial charge in [-0.1, -0.05) is 42.5 Å². The first kappa shape index (κ1) is 27.6. The van der Waals surface area contributed by atoms with Gasteiger partial charge in [0.2, 0.25) is 0 Å². The van der Waals surface area contributed by atoms with Crippen molar-refractivity contribution in [2.24, 2.45) is 5.84 Å². The summed E-state index contributed by atoms with van der Waals surface area (Å²) in [6, 6.07) is 14.4. The summed E-state index contributed by atoms with van der Waals surface area (Å²) < 4.78 is 0. The fourth-order valence-electron chi connectivity index (χ4n) is 1.99. The number of hydrogen-bond acceptors (Lipinski definition) is 3. The number of benzene rings is 2. The van der Waals surface area contributed by atoms with Gasteiger partial charge in [0.05, 0.1) is 5.54 Å². The zero-order chi connectivity index (χ0) is 19.2. The molecular formula is C20H27Cl3N2O2. The zero-order valence-electron chi connectivity index (χ0n) is 16.2. The molecule has 0 unspecified atom stereocenters. The van der Waals surface area contributed by atoms with E-state index in [1.807, 2.05) is 58.9 Å². The molecule has 150 valence electrons. The van der Waals surface area contributed by atoms with E-state index >= 15 is 0 Å². The second kappa shape index (κ2) is 12.0. The number of aryl methyl sites for hydroxylation is 1. The van der Waals surface area contributed by atoms with Crippen molar-refractivity contribution in [2.45, 2.75) is 40.2 Å². The summed E-state index contributed by atoms with van der Waals surface area (Å²) in [5.41, 5.74) is 2.95. The van der Waals surface area contributed by atoms with Crippen molar-refractivity contribution in [2.75, 3.05) is 0 Å². The van der Waals surface area contributed by atoms with Gasteiger partial charge in [-0.05, 0) is 63.4 Å². The number of halogens is 3. The molecule has 7 heteroatoms. The van der Waals surface area contributed by atoms with Crippen LogP contribution in [0.5, 0.6) is 0 Å². The van der Waals surface area contributed by atoms with E-state index in [4.69, 9.17) is 17.4 Å². The molecule has 0 saturated carbocycles. The van der Waals surface area contributed by atoms with Crippen LogP contribution in [0.3, 0.4) is 0 Å². The molecule has 27 heavy (non-hydrogen) atoms. The smallest absolute Gasteiger partial charge is 0.268 e. The van der Waals surface area contributed by atoms with Crippen molar-refractivity contribution in [3.8, 4) is 0 Å². The Morgan fingerprint density at radius 3 is 1.85 bits per heavy atom. The molecule has 0 fully saturated rings. The van der Waals surface area contributed by atoms with Crippen LogP contribution in [0.1, 0.15) is 52.6 Å². The number of nitrogens with two attached hydrogens (primary N) is 1. The predicted molar refractivity (Wildman–Crippen MR) is 117 cm³/mol. The Morgan fingerprint density at radius 2 is 1.44 bits per heavy atom. The lowest BCUT2D eigenvalue weighted by Gasteiger charge is -2.31. The fraction of sp³-hybridized carbons (Fsp3) is 0.300. The van der Waals surface area contributed by atoms with Gasteiger partial charge in [0.25, 0.3) is 11.1 Å². The highest BCUT2D eigenvalue weighted by atomic mass is 35.5. The van der Waals surface area contributed by atoms with E-state index in [0.29, 0.717) is 11.1 Å². The van der Waals surface area contributed by atoms with Crippen molar-refractivity contribution in [1.82, 2.24) is 5.01 Å². The summed E-state index contributed by atoms with van der Waals surface area (Å²) >= 11 is 5.16. The molecule has 0 bridgehead atoms. The number of rotatable bonds is 2. The van der Waals surface area contributed by atoms with E-state index < -0.39 is 5.24 Å². The van der Waals surface area contributed by atoms with Gasteiger partial charge in [0.1, 0.15) is 0 Å². The molecule has 2 aromatic rings. The lowest BCUT2D eigenvalue weighted by Crippen LogP contribution is -2.50. The number of carbonyl (C=O) groups is 2. The highest BCUT2D eigenvalue weighted by molar-refractivity contribution is 6.67. The third-order valence-corrected chi connectivity index (χ3v) is 4.00. The van der Waals surface area contributed by atoms with E-state index in [1.54, 1.807) is 24.3 Å². The lowest BCUT2D eigenvalue weighted by atomic mass is 10.0. The summed E-state index contributed by atoms with van der Waals surface area (Å²) in [5.74, 6) is 5.70. The molecule has 2 aromatic carbocycles. The Hall–Kier alpha value is -1.59. The van der Waals surface area contributed by atoms with Crippen molar-refractivity contribution >= 4 is 47.6 Å². The molecule has 0 saturated heterocycles. The van der Waals surface area contributed by atoms with Gasteiger partial charge in [-0.2, -0.15) is 0 Å². The van der Waals surface area contributed by atoms with E-state index in [2.05, 4.69) is 0 Å². The van der Waals surface area contributed by atoms with Gasteiger partial charge in [0, 0.05) is 11.1 Å². The van der Waals surface area contributed by atoms with Crippen LogP contribution in [0.15, 0.2) is 48.5 Å². The second-order valence-corrected chi connectivity index (χ2v) is 7.08. The van der Waals surface area contributed by atoms with Gasteiger partial charge >= 0.3 is 0 Å². The largest absolute Gasteiger partial charge is 0.276 e. The molecule has 0 heterocycles. The molecular weight excluding hydrogens is 407 g/mol. The average molecular weight is 434 g/mol. The first-order chi connectivity index (χ1) is 11.6. The van der Waals surface area contributed by atoms with E-state index in [1.165, 1.54) is 5.01 Å². The third-order valence-electron chi connectivity index (χ3n) is 3.78. The molecule has 0 atom stereocenters. The number of nitrogens with zero attached hydrogens (tertiary/aromatic N) is 1. The van der Waals surface area contributed by atoms with E-state index in [9.17, 15) is 9.59 Å². The maximum atomic E-state index is 12.2. The normalized spacial score (nSPS) is 9.74. The standard InChI is InChI=1S/C13H20N2O.C7H5ClO.2ClH/c1-9-7-6-8-11(10(9)2)12(16)15(14)13(3,4)5;8-7(9)6-4-2-1-3-5-6;;/h6-8H,14H2,1-5H3;1-5H;2*1H.